The first kappa shape index (κ1) is 16.3. The summed E-state index contributed by atoms with van der Waals surface area (Å²) in [6.45, 7) is 5.64. The lowest BCUT2D eigenvalue weighted by molar-refractivity contribution is 0.0721. The molecule has 1 atom stereocenters. The highest BCUT2D eigenvalue weighted by Gasteiger charge is 2.17. The molecule has 0 fully saturated rings. The average molecular weight is 319 g/mol. The van der Waals surface area contributed by atoms with Gasteiger partial charge in [-0.05, 0) is 51.1 Å². The second-order valence-corrected chi connectivity index (χ2v) is 5.64. The summed E-state index contributed by atoms with van der Waals surface area (Å²) in [4.78, 5) is 17.0. The van der Waals surface area contributed by atoms with Crippen LogP contribution in [-0.4, -0.2) is 22.6 Å². The van der Waals surface area contributed by atoms with Gasteiger partial charge in [0.15, 0.2) is 6.10 Å². The summed E-state index contributed by atoms with van der Waals surface area (Å²) < 4.78 is 7.18. The van der Waals surface area contributed by atoms with Gasteiger partial charge in [-0.3, -0.25) is 14.4 Å². The van der Waals surface area contributed by atoms with Gasteiger partial charge in [-0.15, -0.1) is 0 Å². The highest BCUT2D eigenvalue weighted by Crippen LogP contribution is 2.18. The monoisotopic (exact) mass is 318 g/mol. The largest absolute Gasteiger partial charge is 0.481 e. The molecular weight excluding hydrogens is 300 g/mol. The molecule has 2 aromatic rings. The van der Waals surface area contributed by atoms with Gasteiger partial charge in [-0.2, -0.15) is 0 Å². The number of nitrogens with zero attached hydrogens (tertiary/aromatic N) is 2. The molecule has 0 saturated heterocycles. The maximum Gasteiger partial charge on any atom is 0.272 e. The molecule has 5 heteroatoms. The number of hydrogen-bond acceptors (Lipinski definition) is 3. The third-order valence-electron chi connectivity index (χ3n) is 2.92. The molecule has 0 aliphatic rings. The molecule has 4 nitrogen and oxygen atoms in total. The van der Waals surface area contributed by atoms with Crippen molar-refractivity contribution in [3.63, 3.8) is 0 Å². The van der Waals surface area contributed by atoms with Crippen molar-refractivity contribution in [2.45, 2.75) is 32.9 Å². The molecule has 0 aliphatic carbocycles. The number of rotatable bonds is 4. The van der Waals surface area contributed by atoms with E-state index in [1.807, 2.05) is 26.0 Å². The molecule has 0 spiro atoms. The van der Waals surface area contributed by atoms with Gasteiger partial charge in [0, 0.05) is 17.3 Å². The van der Waals surface area contributed by atoms with Crippen LogP contribution in [0.5, 0.6) is 5.75 Å². The Morgan fingerprint density at radius 2 is 1.95 bits per heavy atom. The van der Waals surface area contributed by atoms with Crippen LogP contribution in [0.3, 0.4) is 0 Å². The number of aromatic nitrogens is 1. The minimum atomic E-state index is -0.646. The fraction of sp³-hybridized carbons (Fsp3) is 0.294. The van der Waals surface area contributed by atoms with Crippen LogP contribution >= 0.6 is 11.6 Å². The Morgan fingerprint density at radius 3 is 2.64 bits per heavy atom. The molecule has 1 unspecified atom stereocenters. The molecule has 0 radical (unpaired) electrons. The fourth-order valence-corrected chi connectivity index (χ4v) is 2.16. The fourth-order valence-electron chi connectivity index (χ4n) is 1.98. The average Bonchev–Trinajstić information content (AvgIpc) is 2.46. The van der Waals surface area contributed by atoms with Crippen LogP contribution in [-0.2, 0) is 0 Å². The van der Waals surface area contributed by atoms with Crippen molar-refractivity contribution in [1.82, 2.24) is 4.57 Å². The summed E-state index contributed by atoms with van der Waals surface area (Å²) in [6.07, 6.45) is 1.05. The van der Waals surface area contributed by atoms with E-state index in [9.17, 15) is 4.79 Å². The van der Waals surface area contributed by atoms with Crippen molar-refractivity contribution >= 4 is 17.5 Å². The van der Waals surface area contributed by atoms with Gasteiger partial charge < -0.3 is 4.74 Å². The van der Waals surface area contributed by atoms with Gasteiger partial charge in [-0.1, -0.05) is 23.7 Å². The predicted octanol–water partition coefficient (Wildman–Crippen LogP) is 3.56. The lowest BCUT2D eigenvalue weighted by atomic mass is 10.3. The van der Waals surface area contributed by atoms with E-state index >= 15 is 0 Å². The molecule has 0 N–H and O–H groups in total. The summed E-state index contributed by atoms with van der Waals surface area (Å²) >= 11 is 5.92. The number of carbonyl (C=O) groups excluding carboxylic acids is 1. The number of benzene rings is 1. The SMILES string of the molecule is CC(C)N=c1ccccn1C(=O)C(C)Oc1cccc(Cl)c1. The van der Waals surface area contributed by atoms with Gasteiger partial charge in [0.05, 0.1) is 0 Å². The van der Waals surface area contributed by atoms with Gasteiger partial charge in [0.2, 0.25) is 0 Å². The molecule has 1 heterocycles. The lowest BCUT2D eigenvalue weighted by Gasteiger charge is -2.15. The third-order valence-corrected chi connectivity index (χ3v) is 3.16. The second kappa shape index (κ2) is 7.27. The zero-order chi connectivity index (χ0) is 16.1. The van der Waals surface area contributed by atoms with Crippen molar-refractivity contribution < 1.29 is 9.53 Å². The van der Waals surface area contributed by atoms with Gasteiger partial charge in [-0.25, -0.2) is 0 Å². The number of carbonyl (C=O) groups is 1. The van der Waals surface area contributed by atoms with Gasteiger partial charge in [0.1, 0.15) is 11.2 Å². The Balaban J connectivity index is 2.25. The first-order valence-electron chi connectivity index (χ1n) is 7.15. The normalized spacial score (nSPS) is 13.2. The number of halogens is 1. The van der Waals surface area contributed by atoms with Gasteiger partial charge >= 0.3 is 0 Å². The van der Waals surface area contributed by atoms with Crippen LogP contribution in [0.2, 0.25) is 5.02 Å². The highest BCUT2D eigenvalue weighted by molar-refractivity contribution is 6.30. The lowest BCUT2D eigenvalue weighted by Crippen LogP contribution is -2.36. The number of hydrogen-bond donors (Lipinski definition) is 0. The van der Waals surface area contributed by atoms with Crippen LogP contribution < -0.4 is 10.2 Å². The summed E-state index contributed by atoms with van der Waals surface area (Å²) in [5, 5.41) is 0.569. The standard InChI is InChI=1S/C17H19ClN2O2/c1-12(2)19-16-9-4-5-10-20(16)17(21)13(3)22-15-8-6-7-14(18)11-15/h4-13H,1-3H3. The van der Waals surface area contributed by atoms with E-state index in [0.29, 0.717) is 16.3 Å². The van der Waals surface area contributed by atoms with E-state index in [-0.39, 0.29) is 11.9 Å². The first-order valence-corrected chi connectivity index (χ1v) is 7.53. The Hall–Kier alpha value is -2.07. The quantitative estimate of drug-likeness (QED) is 0.865. The summed E-state index contributed by atoms with van der Waals surface area (Å²) in [5.41, 5.74) is 0.615. The number of ether oxygens (including phenoxy) is 1. The molecule has 0 amide bonds. The van der Waals surface area contributed by atoms with E-state index in [1.54, 1.807) is 43.5 Å². The topological polar surface area (TPSA) is 43.6 Å². The van der Waals surface area contributed by atoms with Crippen LogP contribution in [0, 0.1) is 0 Å². The minimum Gasteiger partial charge on any atom is -0.481 e. The van der Waals surface area contributed by atoms with Crippen LogP contribution in [0.1, 0.15) is 25.6 Å². The molecule has 0 saturated carbocycles. The predicted molar refractivity (Wildman–Crippen MR) is 87.3 cm³/mol. The number of pyridine rings is 1. The Kier molecular flexibility index (Phi) is 5.39. The molecule has 116 valence electrons. The second-order valence-electron chi connectivity index (χ2n) is 5.21. The zero-order valence-corrected chi connectivity index (χ0v) is 13.6. The van der Waals surface area contributed by atoms with Crippen molar-refractivity contribution in [2.75, 3.05) is 0 Å². The minimum absolute atomic E-state index is 0.102. The van der Waals surface area contributed by atoms with Gasteiger partial charge in [0.25, 0.3) is 5.91 Å². The Morgan fingerprint density at radius 1 is 1.18 bits per heavy atom. The molecule has 1 aromatic heterocycles. The maximum atomic E-state index is 12.6. The Labute approximate surface area is 135 Å². The molecule has 0 bridgehead atoms. The summed E-state index contributed by atoms with van der Waals surface area (Å²) in [7, 11) is 0. The van der Waals surface area contributed by atoms with Crippen LogP contribution in [0.15, 0.2) is 53.7 Å². The maximum absolute atomic E-state index is 12.6. The third kappa shape index (κ3) is 4.21. The van der Waals surface area contributed by atoms with Crippen LogP contribution in [0.4, 0.5) is 0 Å². The molecule has 1 aromatic carbocycles. The van der Waals surface area contributed by atoms with Crippen LogP contribution in [0.25, 0.3) is 0 Å². The van der Waals surface area contributed by atoms with E-state index in [1.165, 1.54) is 4.57 Å². The summed E-state index contributed by atoms with van der Waals surface area (Å²) in [6, 6.07) is 12.5. The van der Waals surface area contributed by atoms with Crippen molar-refractivity contribution in [3.8, 4) is 5.75 Å². The smallest absolute Gasteiger partial charge is 0.272 e. The van der Waals surface area contributed by atoms with E-state index in [0.717, 1.165) is 0 Å². The van der Waals surface area contributed by atoms with Crippen molar-refractivity contribution in [1.29, 1.82) is 0 Å². The first-order chi connectivity index (χ1) is 10.5. The molecule has 2 rings (SSSR count). The van der Waals surface area contributed by atoms with Crippen molar-refractivity contribution in [3.05, 3.63) is 59.2 Å². The molecular formula is C17H19ClN2O2. The van der Waals surface area contributed by atoms with Crippen molar-refractivity contribution in [2.24, 2.45) is 4.99 Å². The van der Waals surface area contributed by atoms with E-state index in [4.69, 9.17) is 16.3 Å². The zero-order valence-electron chi connectivity index (χ0n) is 12.9. The molecule has 22 heavy (non-hydrogen) atoms. The van der Waals surface area contributed by atoms with E-state index in [2.05, 4.69) is 4.99 Å². The molecule has 0 aliphatic heterocycles. The summed E-state index contributed by atoms with van der Waals surface area (Å²) in [5.74, 6) is 0.382. The highest BCUT2D eigenvalue weighted by atomic mass is 35.5. The Bertz CT molecular complexity index is 722. The van der Waals surface area contributed by atoms with E-state index < -0.39 is 6.10 Å².